The Hall–Kier alpha value is -1.31. The van der Waals surface area contributed by atoms with E-state index in [1.54, 1.807) is 0 Å². The number of rotatable bonds is 1. The van der Waals surface area contributed by atoms with Crippen molar-refractivity contribution in [3.8, 4) is 0 Å². The van der Waals surface area contributed by atoms with Gasteiger partial charge in [-0.05, 0) is 25.0 Å². The normalized spacial score (nSPS) is 20.9. The van der Waals surface area contributed by atoms with Crippen LogP contribution < -0.4 is 0 Å². The van der Waals surface area contributed by atoms with E-state index in [1.807, 2.05) is 0 Å². The Kier molecular flexibility index (Phi) is 4.09. The quantitative estimate of drug-likeness (QED) is 0.744. The van der Waals surface area contributed by atoms with Crippen LogP contribution in [0.15, 0.2) is 24.3 Å². The van der Waals surface area contributed by atoms with E-state index >= 15 is 0 Å². The molecule has 1 saturated carbocycles. The maximum Gasteiger partial charge on any atom is 0.113 e. The standard InChI is InChI=1S/C18H26N2/c1-18(13-9-5-3-2-4-6-10-14-18)17-19-15-11-7-8-12-16(15)20-17/h7-8,11-12H,2-6,9-10,13-14H2,1H3,(H,19,20). The average Bonchev–Trinajstić information content (AvgIpc) is 2.91. The largest absolute Gasteiger partial charge is 0.342 e. The topological polar surface area (TPSA) is 28.7 Å². The van der Waals surface area contributed by atoms with Crippen LogP contribution in [0.4, 0.5) is 0 Å². The third-order valence-corrected chi connectivity index (χ3v) is 4.92. The second-order valence-corrected chi connectivity index (χ2v) is 6.64. The minimum Gasteiger partial charge on any atom is -0.342 e. The summed E-state index contributed by atoms with van der Waals surface area (Å²) in [6.07, 6.45) is 12.3. The van der Waals surface area contributed by atoms with Crippen LogP contribution in [0.5, 0.6) is 0 Å². The summed E-state index contributed by atoms with van der Waals surface area (Å²) < 4.78 is 0. The Morgan fingerprint density at radius 2 is 1.50 bits per heavy atom. The van der Waals surface area contributed by atoms with Gasteiger partial charge in [0.1, 0.15) is 5.82 Å². The molecule has 1 aliphatic carbocycles. The van der Waals surface area contributed by atoms with Gasteiger partial charge in [0, 0.05) is 5.41 Å². The second-order valence-electron chi connectivity index (χ2n) is 6.64. The summed E-state index contributed by atoms with van der Waals surface area (Å²) in [4.78, 5) is 8.46. The third kappa shape index (κ3) is 2.89. The molecule has 2 aromatic rings. The number of benzene rings is 1. The SMILES string of the molecule is CC1(c2nc3ccccc3[nH]2)CCCCCCCCC1. The number of nitrogens with zero attached hydrogens (tertiary/aromatic N) is 1. The molecule has 3 rings (SSSR count). The van der Waals surface area contributed by atoms with Crippen molar-refractivity contribution in [2.75, 3.05) is 0 Å². The summed E-state index contributed by atoms with van der Waals surface area (Å²) in [6, 6.07) is 8.40. The van der Waals surface area contributed by atoms with E-state index < -0.39 is 0 Å². The van der Waals surface area contributed by atoms with Crippen LogP contribution in [0, 0.1) is 0 Å². The highest BCUT2D eigenvalue weighted by Crippen LogP contribution is 2.35. The van der Waals surface area contributed by atoms with Crippen LogP contribution in [0.3, 0.4) is 0 Å². The number of nitrogens with one attached hydrogen (secondary N) is 1. The minimum absolute atomic E-state index is 0.232. The Labute approximate surface area is 122 Å². The number of para-hydroxylation sites is 2. The molecule has 0 aliphatic heterocycles. The highest BCUT2D eigenvalue weighted by atomic mass is 14.9. The van der Waals surface area contributed by atoms with E-state index in [9.17, 15) is 0 Å². The molecule has 0 saturated heterocycles. The molecule has 1 aliphatic rings. The summed E-state index contributed by atoms with van der Waals surface area (Å²) in [7, 11) is 0. The van der Waals surface area contributed by atoms with Gasteiger partial charge in [0.05, 0.1) is 11.0 Å². The summed E-state index contributed by atoms with van der Waals surface area (Å²) in [5.41, 5.74) is 2.53. The molecule has 0 atom stereocenters. The smallest absolute Gasteiger partial charge is 0.113 e. The van der Waals surface area contributed by atoms with Crippen molar-refractivity contribution >= 4 is 11.0 Å². The fourth-order valence-corrected chi connectivity index (χ4v) is 3.51. The Balaban J connectivity index is 1.86. The van der Waals surface area contributed by atoms with Crippen molar-refractivity contribution < 1.29 is 0 Å². The zero-order valence-corrected chi connectivity index (χ0v) is 12.6. The number of aromatic amines is 1. The fourth-order valence-electron chi connectivity index (χ4n) is 3.51. The van der Waals surface area contributed by atoms with Crippen molar-refractivity contribution in [1.29, 1.82) is 0 Å². The molecule has 0 bridgehead atoms. The number of imidazole rings is 1. The first-order valence-corrected chi connectivity index (χ1v) is 8.23. The predicted molar refractivity (Wildman–Crippen MR) is 85.0 cm³/mol. The highest BCUT2D eigenvalue weighted by molar-refractivity contribution is 5.74. The maximum atomic E-state index is 4.88. The molecule has 2 heteroatoms. The number of aromatic nitrogens is 2. The van der Waals surface area contributed by atoms with Gasteiger partial charge in [0.15, 0.2) is 0 Å². The lowest BCUT2D eigenvalue weighted by Crippen LogP contribution is -2.24. The monoisotopic (exact) mass is 270 g/mol. The minimum atomic E-state index is 0.232. The summed E-state index contributed by atoms with van der Waals surface area (Å²) in [5.74, 6) is 1.21. The summed E-state index contributed by atoms with van der Waals surface area (Å²) in [5, 5.41) is 0. The molecule has 1 fully saturated rings. The van der Waals surface area contributed by atoms with Gasteiger partial charge in [0.25, 0.3) is 0 Å². The van der Waals surface area contributed by atoms with E-state index in [2.05, 4.69) is 36.2 Å². The Morgan fingerprint density at radius 3 is 2.15 bits per heavy atom. The number of H-pyrrole nitrogens is 1. The molecule has 108 valence electrons. The first-order valence-electron chi connectivity index (χ1n) is 8.23. The van der Waals surface area contributed by atoms with Gasteiger partial charge in [-0.15, -0.1) is 0 Å². The van der Waals surface area contributed by atoms with Crippen LogP contribution in [0.25, 0.3) is 11.0 Å². The van der Waals surface area contributed by atoms with Crippen LogP contribution in [0.2, 0.25) is 0 Å². The fraction of sp³-hybridized carbons (Fsp3) is 0.611. The molecule has 20 heavy (non-hydrogen) atoms. The van der Waals surface area contributed by atoms with E-state index in [0.717, 1.165) is 5.52 Å². The van der Waals surface area contributed by atoms with Crippen molar-refractivity contribution in [2.45, 2.75) is 70.1 Å². The van der Waals surface area contributed by atoms with Gasteiger partial charge in [0.2, 0.25) is 0 Å². The lowest BCUT2D eigenvalue weighted by Gasteiger charge is -2.28. The third-order valence-electron chi connectivity index (χ3n) is 4.92. The Bertz CT molecular complexity index is 512. The molecule has 1 heterocycles. The van der Waals surface area contributed by atoms with Gasteiger partial charge < -0.3 is 4.98 Å². The molecule has 1 N–H and O–H groups in total. The number of fused-ring (bicyclic) bond motifs is 1. The molecular weight excluding hydrogens is 244 g/mol. The number of hydrogen-bond donors (Lipinski definition) is 1. The molecule has 0 radical (unpaired) electrons. The lowest BCUT2D eigenvalue weighted by molar-refractivity contribution is 0.337. The first-order chi connectivity index (χ1) is 9.78. The predicted octanol–water partition coefficient (Wildman–Crippen LogP) is 5.35. The zero-order chi connectivity index (χ0) is 13.8. The molecule has 1 aromatic heterocycles. The van der Waals surface area contributed by atoms with Crippen LogP contribution in [0.1, 0.15) is 70.5 Å². The summed E-state index contributed by atoms with van der Waals surface area (Å²) in [6.45, 7) is 2.41. The van der Waals surface area contributed by atoms with Gasteiger partial charge in [-0.2, -0.15) is 0 Å². The van der Waals surface area contributed by atoms with Gasteiger partial charge in [-0.3, -0.25) is 0 Å². The molecule has 2 nitrogen and oxygen atoms in total. The lowest BCUT2D eigenvalue weighted by atomic mass is 9.78. The molecule has 0 unspecified atom stereocenters. The van der Waals surface area contributed by atoms with E-state index in [0.29, 0.717) is 0 Å². The van der Waals surface area contributed by atoms with E-state index in [1.165, 1.54) is 69.1 Å². The zero-order valence-electron chi connectivity index (χ0n) is 12.6. The van der Waals surface area contributed by atoms with Crippen molar-refractivity contribution in [2.24, 2.45) is 0 Å². The molecule has 0 amide bonds. The average molecular weight is 270 g/mol. The van der Waals surface area contributed by atoms with Crippen LogP contribution >= 0.6 is 0 Å². The van der Waals surface area contributed by atoms with Crippen molar-refractivity contribution in [1.82, 2.24) is 9.97 Å². The van der Waals surface area contributed by atoms with Crippen molar-refractivity contribution in [3.63, 3.8) is 0 Å². The summed E-state index contributed by atoms with van der Waals surface area (Å²) >= 11 is 0. The molecule has 1 aromatic carbocycles. The first kappa shape index (κ1) is 13.7. The maximum absolute atomic E-state index is 4.88. The van der Waals surface area contributed by atoms with Crippen molar-refractivity contribution in [3.05, 3.63) is 30.1 Å². The second kappa shape index (κ2) is 5.99. The van der Waals surface area contributed by atoms with Crippen LogP contribution in [-0.2, 0) is 5.41 Å². The van der Waals surface area contributed by atoms with Gasteiger partial charge in [-0.1, -0.05) is 64.0 Å². The Morgan fingerprint density at radius 1 is 0.900 bits per heavy atom. The van der Waals surface area contributed by atoms with E-state index in [4.69, 9.17) is 4.98 Å². The van der Waals surface area contributed by atoms with Crippen LogP contribution in [-0.4, -0.2) is 9.97 Å². The molecule has 0 spiro atoms. The molecular formula is C18H26N2. The number of hydrogen-bond acceptors (Lipinski definition) is 1. The highest BCUT2D eigenvalue weighted by Gasteiger charge is 2.29. The van der Waals surface area contributed by atoms with E-state index in [-0.39, 0.29) is 5.41 Å². The van der Waals surface area contributed by atoms with Gasteiger partial charge in [-0.25, -0.2) is 4.98 Å². The van der Waals surface area contributed by atoms with Gasteiger partial charge >= 0.3 is 0 Å².